The van der Waals surface area contributed by atoms with Gasteiger partial charge in [-0.05, 0) is 24.1 Å². The second-order valence-corrected chi connectivity index (χ2v) is 9.57. The van der Waals surface area contributed by atoms with E-state index in [0.29, 0.717) is 0 Å². The van der Waals surface area contributed by atoms with Crippen molar-refractivity contribution in [3.63, 3.8) is 0 Å². The van der Waals surface area contributed by atoms with Crippen LogP contribution in [0.25, 0.3) is 0 Å². The maximum Gasteiger partial charge on any atom is 0.326 e. The number of phenols is 2. The molecule has 0 radical (unpaired) electrons. The van der Waals surface area contributed by atoms with E-state index >= 15 is 0 Å². The van der Waals surface area contributed by atoms with Crippen molar-refractivity contribution in [2.75, 3.05) is 18.8 Å². The minimum absolute atomic E-state index is 0.00686. The number of hydrogen-bond acceptors (Lipinski definition) is 11. The van der Waals surface area contributed by atoms with E-state index in [4.69, 9.17) is 21.7 Å². The van der Waals surface area contributed by atoms with Crippen LogP contribution in [0.5, 0.6) is 11.5 Å². The first-order valence-corrected chi connectivity index (χ1v) is 12.9. The molecule has 1 rings (SSSR count). The summed E-state index contributed by atoms with van der Waals surface area (Å²) in [5.74, 6) is -7.34. The number of aliphatic carboxylic acids is 3. The molecule has 12 N–H and O–H groups in total. The fourth-order valence-corrected chi connectivity index (χ4v) is 4.22. The van der Waals surface area contributed by atoms with E-state index in [0.717, 1.165) is 17.8 Å². The molecule has 0 bridgehead atoms. The van der Waals surface area contributed by atoms with Crippen LogP contribution in [0.4, 0.5) is 0 Å². The number of carbonyl (C=O) groups excluding carboxylic acids is 3. The minimum atomic E-state index is -1.37. The molecule has 0 aromatic heterocycles. The standard InChI is InChI=1S/C23H33N5O11S/c24-5-3-18(31)27-13(23(38)39)7-11-8-15(29)20(34)16(9-11)40-10-14(21(35)26-6-4-19(32)33)28-17(30)2-1-12(25)22(36)37/h8-9,12-14,29,34H,1-7,10,24-25H2,(H,26,35)(H,27,31)(H,28,30)(H,32,33)(H,36,37)(H,38,39). The maximum absolute atomic E-state index is 12.6. The highest BCUT2D eigenvalue weighted by Crippen LogP contribution is 2.37. The third-order valence-electron chi connectivity index (χ3n) is 5.25. The molecule has 1 aromatic rings. The summed E-state index contributed by atoms with van der Waals surface area (Å²) in [5, 5.41) is 54.7. The van der Waals surface area contributed by atoms with Crippen molar-refractivity contribution >= 4 is 47.4 Å². The molecule has 0 spiro atoms. The lowest BCUT2D eigenvalue weighted by Crippen LogP contribution is -2.49. The highest BCUT2D eigenvalue weighted by atomic mass is 32.2. The molecule has 17 heteroatoms. The van der Waals surface area contributed by atoms with Gasteiger partial charge in [0.25, 0.3) is 0 Å². The second kappa shape index (κ2) is 16.8. The van der Waals surface area contributed by atoms with Gasteiger partial charge in [0.05, 0.1) is 11.3 Å². The number of carbonyl (C=O) groups is 6. The Balaban J connectivity index is 3.07. The Kier molecular flexibility index (Phi) is 14.2. The summed E-state index contributed by atoms with van der Waals surface area (Å²) in [6, 6.07) is -1.52. The summed E-state index contributed by atoms with van der Waals surface area (Å²) in [6.07, 6.45) is -1.31. The quantitative estimate of drug-likeness (QED) is 0.0651. The van der Waals surface area contributed by atoms with Gasteiger partial charge in [-0.1, -0.05) is 0 Å². The molecule has 0 saturated heterocycles. The lowest BCUT2D eigenvalue weighted by atomic mass is 10.0. The highest BCUT2D eigenvalue weighted by molar-refractivity contribution is 7.99. The van der Waals surface area contributed by atoms with Crippen molar-refractivity contribution in [2.45, 2.75) is 55.1 Å². The fourth-order valence-electron chi connectivity index (χ4n) is 3.16. The number of carboxylic acid groups (broad SMARTS) is 3. The summed E-state index contributed by atoms with van der Waals surface area (Å²) in [5.41, 5.74) is 10.9. The van der Waals surface area contributed by atoms with Crippen molar-refractivity contribution in [2.24, 2.45) is 11.5 Å². The number of rotatable bonds is 18. The van der Waals surface area contributed by atoms with Crippen LogP contribution in [-0.2, 0) is 35.2 Å². The first kappa shape index (κ1) is 33.9. The normalized spacial score (nSPS) is 12.9. The molecule has 0 aliphatic rings. The van der Waals surface area contributed by atoms with E-state index in [2.05, 4.69) is 16.0 Å². The molecule has 222 valence electrons. The number of phenolic OH excluding ortho intramolecular Hbond substituents is 2. The minimum Gasteiger partial charge on any atom is -0.504 e. The molecule has 0 aliphatic carbocycles. The summed E-state index contributed by atoms with van der Waals surface area (Å²) < 4.78 is 0. The summed E-state index contributed by atoms with van der Waals surface area (Å²) in [6.45, 7) is -0.240. The van der Waals surface area contributed by atoms with Crippen LogP contribution in [0, 0.1) is 0 Å². The molecule has 0 heterocycles. The fraction of sp³-hybridized carbons (Fsp3) is 0.478. The Morgan fingerprint density at radius 2 is 1.50 bits per heavy atom. The lowest BCUT2D eigenvalue weighted by Gasteiger charge is -2.19. The molecule has 16 nitrogen and oxygen atoms in total. The van der Waals surface area contributed by atoms with Gasteiger partial charge in [0, 0.05) is 38.1 Å². The topological polar surface area (TPSA) is 292 Å². The van der Waals surface area contributed by atoms with Crippen molar-refractivity contribution in [1.29, 1.82) is 0 Å². The van der Waals surface area contributed by atoms with E-state index in [1.807, 2.05) is 0 Å². The van der Waals surface area contributed by atoms with Crippen LogP contribution in [0.15, 0.2) is 17.0 Å². The van der Waals surface area contributed by atoms with E-state index in [1.54, 1.807) is 0 Å². The van der Waals surface area contributed by atoms with Gasteiger partial charge in [0.15, 0.2) is 11.5 Å². The number of thioether (sulfide) groups is 1. The predicted octanol–water partition coefficient (Wildman–Crippen LogP) is -2.08. The monoisotopic (exact) mass is 587 g/mol. The SMILES string of the molecule is NCCC(=O)NC(Cc1cc(O)c(O)c(SCC(NC(=O)CCC(N)C(=O)O)C(=O)NCCC(=O)O)c1)C(=O)O. The summed E-state index contributed by atoms with van der Waals surface area (Å²) >= 11 is 0.808. The van der Waals surface area contributed by atoms with E-state index in [-0.39, 0.29) is 55.0 Å². The Hall–Kier alpha value is -4.09. The second-order valence-electron chi connectivity index (χ2n) is 8.51. The van der Waals surface area contributed by atoms with Crippen LogP contribution in [0.1, 0.15) is 31.2 Å². The van der Waals surface area contributed by atoms with Gasteiger partial charge in [-0.3, -0.25) is 24.0 Å². The van der Waals surface area contributed by atoms with Crippen molar-refractivity contribution < 1.29 is 54.3 Å². The number of amides is 3. The zero-order chi connectivity index (χ0) is 30.4. The molecule has 0 aliphatic heterocycles. The van der Waals surface area contributed by atoms with Crippen molar-refractivity contribution in [1.82, 2.24) is 16.0 Å². The van der Waals surface area contributed by atoms with Crippen molar-refractivity contribution in [3.8, 4) is 11.5 Å². The molecule has 3 amide bonds. The van der Waals surface area contributed by atoms with Crippen LogP contribution >= 0.6 is 11.8 Å². The Morgan fingerprint density at radius 1 is 0.875 bits per heavy atom. The van der Waals surface area contributed by atoms with Crippen molar-refractivity contribution in [3.05, 3.63) is 17.7 Å². The van der Waals surface area contributed by atoms with E-state index < -0.39 is 71.7 Å². The van der Waals surface area contributed by atoms with Gasteiger partial charge >= 0.3 is 17.9 Å². The molecular weight excluding hydrogens is 554 g/mol. The average Bonchev–Trinajstić information content (AvgIpc) is 2.86. The first-order chi connectivity index (χ1) is 18.7. The van der Waals surface area contributed by atoms with Gasteiger partial charge in [-0.15, -0.1) is 11.8 Å². The maximum atomic E-state index is 12.6. The number of hydrogen-bond donors (Lipinski definition) is 10. The van der Waals surface area contributed by atoms with Gasteiger partial charge in [0.1, 0.15) is 18.1 Å². The zero-order valence-electron chi connectivity index (χ0n) is 21.3. The molecule has 0 saturated carbocycles. The van der Waals surface area contributed by atoms with Gasteiger partial charge in [-0.25, -0.2) is 4.79 Å². The van der Waals surface area contributed by atoms with Crippen LogP contribution < -0.4 is 27.4 Å². The molecule has 0 fully saturated rings. The predicted molar refractivity (Wildman–Crippen MR) is 139 cm³/mol. The average molecular weight is 588 g/mol. The van der Waals surface area contributed by atoms with Gasteiger partial charge < -0.3 is 53.0 Å². The van der Waals surface area contributed by atoms with Gasteiger partial charge in [-0.2, -0.15) is 0 Å². The Bertz CT molecular complexity index is 1100. The Morgan fingerprint density at radius 3 is 2.08 bits per heavy atom. The molecule has 3 unspecified atom stereocenters. The molecule has 1 aromatic carbocycles. The molecular formula is C23H33N5O11S. The third kappa shape index (κ3) is 12.2. The Labute approximate surface area is 232 Å². The van der Waals surface area contributed by atoms with E-state index in [9.17, 15) is 44.1 Å². The number of nitrogens with one attached hydrogen (secondary N) is 3. The number of benzene rings is 1. The van der Waals surface area contributed by atoms with E-state index in [1.165, 1.54) is 6.07 Å². The first-order valence-electron chi connectivity index (χ1n) is 11.9. The number of nitrogens with two attached hydrogens (primary N) is 2. The number of carboxylic acids is 3. The molecule has 3 atom stereocenters. The lowest BCUT2D eigenvalue weighted by molar-refractivity contribution is -0.141. The summed E-state index contributed by atoms with van der Waals surface area (Å²) in [4.78, 5) is 70.0. The van der Waals surface area contributed by atoms with Crippen LogP contribution in [0.3, 0.4) is 0 Å². The highest BCUT2D eigenvalue weighted by Gasteiger charge is 2.25. The third-order valence-corrected chi connectivity index (χ3v) is 6.38. The zero-order valence-corrected chi connectivity index (χ0v) is 22.1. The van der Waals surface area contributed by atoms with Gasteiger partial charge in [0.2, 0.25) is 17.7 Å². The van der Waals surface area contributed by atoms with Crippen LogP contribution in [0.2, 0.25) is 0 Å². The smallest absolute Gasteiger partial charge is 0.326 e. The summed E-state index contributed by atoms with van der Waals surface area (Å²) in [7, 11) is 0. The van der Waals surface area contributed by atoms with Crippen LogP contribution in [-0.4, -0.2) is 98.1 Å². The number of aromatic hydroxyl groups is 2. The largest absolute Gasteiger partial charge is 0.504 e. The molecule has 40 heavy (non-hydrogen) atoms.